The summed E-state index contributed by atoms with van der Waals surface area (Å²) in [6.07, 6.45) is 0. The molecule has 2 aromatic carbocycles. The zero-order valence-corrected chi connectivity index (χ0v) is 11.6. The number of nitrogens with one attached hydrogen (secondary N) is 1. The Morgan fingerprint density at radius 2 is 2.00 bits per heavy atom. The fraction of sp³-hybridized carbons (Fsp3) is 0.250. The van der Waals surface area contributed by atoms with Gasteiger partial charge in [-0.25, -0.2) is 4.39 Å². The Morgan fingerprint density at radius 3 is 2.70 bits per heavy atom. The third-order valence-electron chi connectivity index (χ3n) is 2.93. The average molecular weight is 275 g/mol. The highest BCUT2D eigenvalue weighted by Gasteiger charge is 2.05. The van der Waals surface area contributed by atoms with E-state index in [2.05, 4.69) is 5.32 Å². The van der Waals surface area contributed by atoms with Gasteiger partial charge in [-0.05, 0) is 49.2 Å². The summed E-state index contributed by atoms with van der Waals surface area (Å²) in [5, 5.41) is 12.7. The van der Waals surface area contributed by atoms with Crippen LogP contribution < -0.4 is 10.1 Å². The Bertz CT molecular complexity index is 599. The van der Waals surface area contributed by atoms with Gasteiger partial charge in [-0.3, -0.25) is 0 Å². The van der Waals surface area contributed by atoms with E-state index in [1.807, 2.05) is 19.9 Å². The van der Waals surface area contributed by atoms with Crippen molar-refractivity contribution >= 4 is 5.69 Å². The lowest BCUT2D eigenvalue weighted by Gasteiger charge is -2.11. The minimum absolute atomic E-state index is 0.108. The van der Waals surface area contributed by atoms with Crippen molar-refractivity contribution in [3.63, 3.8) is 0 Å². The van der Waals surface area contributed by atoms with Crippen molar-refractivity contribution in [1.82, 2.24) is 0 Å². The minimum Gasteiger partial charge on any atom is -0.504 e. The molecule has 0 amide bonds. The smallest absolute Gasteiger partial charge is 0.161 e. The highest BCUT2D eigenvalue weighted by atomic mass is 19.1. The maximum atomic E-state index is 13.7. The lowest BCUT2D eigenvalue weighted by Crippen LogP contribution is -2.02. The average Bonchev–Trinajstić information content (AvgIpc) is 2.41. The van der Waals surface area contributed by atoms with Crippen LogP contribution in [-0.4, -0.2) is 11.7 Å². The molecule has 0 saturated heterocycles. The van der Waals surface area contributed by atoms with E-state index in [-0.39, 0.29) is 11.6 Å². The van der Waals surface area contributed by atoms with Crippen molar-refractivity contribution in [1.29, 1.82) is 0 Å². The summed E-state index contributed by atoms with van der Waals surface area (Å²) in [6, 6.07) is 10.2. The quantitative estimate of drug-likeness (QED) is 0.871. The van der Waals surface area contributed by atoms with Crippen LogP contribution >= 0.6 is 0 Å². The number of anilines is 1. The molecule has 0 fully saturated rings. The van der Waals surface area contributed by atoms with Crippen LogP contribution in [0.5, 0.6) is 11.5 Å². The lowest BCUT2D eigenvalue weighted by atomic mass is 10.2. The minimum atomic E-state index is -0.270. The molecular formula is C16H18FNO2. The van der Waals surface area contributed by atoms with Gasteiger partial charge in [-0.2, -0.15) is 0 Å². The molecule has 20 heavy (non-hydrogen) atoms. The van der Waals surface area contributed by atoms with Crippen molar-refractivity contribution in [2.75, 3.05) is 11.9 Å². The monoisotopic (exact) mass is 275 g/mol. The van der Waals surface area contributed by atoms with E-state index in [0.717, 1.165) is 11.1 Å². The molecule has 0 aliphatic carbocycles. The van der Waals surface area contributed by atoms with Crippen molar-refractivity contribution < 1.29 is 14.2 Å². The SMILES string of the molecule is CCOc1cc(CNc2ccc(C)cc2F)ccc1O. The van der Waals surface area contributed by atoms with Gasteiger partial charge in [-0.15, -0.1) is 0 Å². The van der Waals surface area contributed by atoms with Crippen molar-refractivity contribution in [2.24, 2.45) is 0 Å². The maximum absolute atomic E-state index is 13.7. The third-order valence-corrected chi connectivity index (χ3v) is 2.93. The Kier molecular flexibility index (Phi) is 4.45. The first-order chi connectivity index (χ1) is 9.60. The number of halogens is 1. The molecule has 0 bridgehead atoms. The molecule has 3 nitrogen and oxygen atoms in total. The van der Waals surface area contributed by atoms with E-state index in [1.54, 1.807) is 24.3 Å². The summed E-state index contributed by atoms with van der Waals surface area (Å²) in [5.41, 5.74) is 2.25. The summed E-state index contributed by atoms with van der Waals surface area (Å²) in [4.78, 5) is 0. The summed E-state index contributed by atoms with van der Waals surface area (Å²) in [5.74, 6) is 0.280. The molecule has 0 unspecified atom stereocenters. The second-order valence-electron chi connectivity index (χ2n) is 4.57. The molecular weight excluding hydrogens is 257 g/mol. The predicted octanol–water partition coefficient (Wildman–Crippen LogP) is 3.85. The van der Waals surface area contributed by atoms with E-state index < -0.39 is 0 Å². The summed E-state index contributed by atoms with van der Waals surface area (Å²) < 4.78 is 19.0. The van der Waals surface area contributed by atoms with Crippen molar-refractivity contribution in [3.8, 4) is 11.5 Å². The summed E-state index contributed by atoms with van der Waals surface area (Å²) >= 11 is 0. The van der Waals surface area contributed by atoms with E-state index in [1.165, 1.54) is 6.07 Å². The molecule has 2 N–H and O–H groups in total. The molecule has 2 aromatic rings. The Balaban J connectivity index is 2.08. The van der Waals surface area contributed by atoms with Gasteiger partial charge in [0.2, 0.25) is 0 Å². The van der Waals surface area contributed by atoms with Gasteiger partial charge in [0, 0.05) is 6.54 Å². The standard InChI is InChI=1S/C16H18FNO2/c1-3-20-16-9-12(5-7-15(16)19)10-18-14-6-4-11(2)8-13(14)17/h4-9,18-19H,3,10H2,1-2H3. The zero-order valence-electron chi connectivity index (χ0n) is 11.6. The van der Waals surface area contributed by atoms with Crippen LogP contribution in [-0.2, 0) is 6.54 Å². The summed E-state index contributed by atoms with van der Waals surface area (Å²) in [7, 11) is 0. The van der Waals surface area contributed by atoms with Crippen LogP contribution in [0.25, 0.3) is 0 Å². The molecule has 2 rings (SSSR count). The first kappa shape index (κ1) is 14.2. The predicted molar refractivity (Wildman–Crippen MR) is 77.7 cm³/mol. The number of phenolic OH excluding ortho intramolecular Hbond substituents is 1. The number of phenols is 1. The number of ether oxygens (including phenoxy) is 1. The second-order valence-corrected chi connectivity index (χ2v) is 4.57. The highest BCUT2D eigenvalue weighted by molar-refractivity contribution is 5.48. The molecule has 4 heteroatoms. The molecule has 0 aliphatic heterocycles. The molecule has 0 atom stereocenters. The molecule has 0 radical (unpaired) electrons. The zero-order chi connectivity index (χ0) is 14.5. The first-order valence-electron chi connectivity index (χ1n) is 6.55. The number of hydrogen-bond donors (Lipinski definition) is 2. The van der Waals surface area contributed by atoms with Crippen molar-refractivity contribution in [2.45, 2.75) is 20.4 Å². The Morgan fingerprint density at radius 1 is 1.20 bits per heavy atom. The topological polar surface area (TPSA) is 41.5 Å². The molecule has 106 valence electrons. The molecule has 0 aliphatic rings. The van der Waals surface area contributed by atoms with Crippen LogP contribution in [0.3, 0.4) is 0 Å². The van der Waals surface area contributed by atoms with Gasteiger partial charge in [0.15, 0.2) is 11.5 Å². The van der Waals surface area contributed by atoms with Crippen LogP contribution in [0.4, 0.5) is 10.1 Å². The van der Waals surface area contributed by atoms with Gasteiger partial charge in [0.05, 0.1) is 12.3 Å². The van der Waals surface area contributed by atoms with E-state index in [0.29, 0.717) is 24.6 Å². The number of aromatic hydroxyl groups is 1. The second kappa shape index (κ2) is 6.28. The third kappa shape index (κ3) is 3.41. The largest absolute Gasteiger partial charge is 0.504 e. The lowest BCUT2D eigenvalue weighted by molar-refractivity contribution is 0.318. The van der Waals surface area contributed by atoms with E-state index in [9.17, 15) is 9.50 Å². The maximum Gasteiger partial charge on any atom is 0.161 e. The van der Waals surface area contributed by atoms with Crippen LogP contribution in [0.2, 0.25) is 0 Å². The van der Waals surface area contributed by atoms with Crippen LogP contribution in [0.15, 0.2) is 36.4 Å². The van der Waals surface area contributed by atoms with E-state index >= 15 is 0 Å². The van der Waals surface area contributed by atoms with Gasteiger partial charge in [0.25, 0.3) is 0 Å². The highest BCUT2D eigenvalue weighted by Crippen LogP contribution is 2.27. The number of hydrogen-bond acceptors (Lipinski definition) is 3. The number of benzene rings is 2. The van der Waals surface area contributed by atoms with Gasteiger partial charge in [-0.1, -0.05) is 12.1 Å². The molecule has 0 spiro atoms. The first-order valence-corrected chi connectivity index (χ1v) is 6.55. The van der Waals surface area contributed by atoms with Gasteiger partial charge < -0.3 is 15.2 Å². The van der Waals surface area contributed by atoms with Crippen LogP contribution in [0, 0.1) is 12.7 Å². The fourth-order valence-electron chi connectivity index (χ4n) is 1.90. The van der Waals surface area contributed by atoms with Gasteiger partial charge in [0.1, 0.15) is 5.82 Å². The molecule has 0 heterocycles. The van der Waals surface area contributed by atoms with Crippen molar-refractivity contribution in [3.05, 3.63) is 53.3 Å². The Hall–Kier alpha value is -2.23. The van der Waals surface area contributed by atoms with Crippen LogP contribution in [0.1, 0.15) is 18.1 Å². The van der Waals surface area contributed by atoms with Gasteiger partial charge >= 0.3 is 0 Å². The normalized spacial score (nSPS) is 10.3. The summed E-state index contributed by atoms with van der Waals surface area (Å²) in [6.45, 7) is 4.64. The Labute approximate surface area is 118 Å². The van der Waals surface area contributed by atoms with E-state index in [4.69, 9.17) is 4.74 Å². The molecule has 0 saturated carbocycles. The fourth-order valence-corrected chi connectivity index (χ4v) is 1.90. The number of rotatable bonds is 5. The molecule has 0 aromatic heterocycles. The number of aryl methyl sites for hydroxylation is 1.